The molecule has 0 bridgehead atoms. The number of carboxylic acid groups (broad SMARTS) is 1. The van der Waals surface area contributed by atoms with E-state index in [0.29, 0.717) is 5.57 Å². The highest BCUT2D eigenvalue weighted by molar-refractivity contribution is 6.57. The monoisotopic (exact) mass is 193 g/mol. The molecule has 1 fully saturated rings. The zero-order valence-electron chi connectivity index (χ0n) is 8.28. The van der Waals surface area contributed by atoms with E-state index in [1.54, 1.807) is 13.8 Å². The minimum atomic E-state index is -1.05. The highest BCUT2D eigenvalue weighted by Gasteiger charge is 2.48. The lowest BCUT2D eigenvalue weighted by Gasteiger charge is -2.28. The van der Waals surface area contributed by atoms with Crippen LogP contribution in [0.3, 0.4) is 0 Å². The van der Waals surface area contributed by atoms with Crippen molar-refractivity contribution in [1.82, 2.24) is 4.90 Å². The van der Waals surface area contributed by atoms with Crippen molar-refractivity contribution in [3.8, 4) is 0 Å². The number of hydrogen-bond acceptors (Lipinski definition) is 2. The van der Waals surface area contributed by atoms with Crippen LogP contribution in [0.1, 0.15) is 13.8 Å². The van der Waals surface area contributed by atoms with E-state index in [0.717, 1.165) is 4.90 Å². The van der Waals surface area contributed by atoms with E-state index >= 15 is 0 Å². The van der Waals surface area contributed by atoms with Gasteiger partial charge in [-0.15, -0.1) is 0 Å². The predicted molar refractivity (Wildman–Crippen MR) is 52.2 cm³/mol. The Morgan fingerprint density at radius 1 is 1.64 bits per heavy atom. The first-order valence-electron chi connectivity index (χ1n) is 4.25. The molecule has 1 atom stereocenters. The summed E-state index contributed by atoms with van der Waals surface area (Å²) < 4.78 is 0. The molecule has 0 saturated carbocycles. The number of rotatable bonds is 1. The van der Waals surface area contributed by atoms with Gasteiger partial charge in [-0.2, -0.15) is 0 Å². The fraction of sp³-hybridized carbons (Fsp3) is 0.556. The maximum atomic E-state index is 11.0. The first kappa shape index (κ1) is 10.8. The number of carboxylic acids is 1. The van der Waals surface area contributed by atoms with Gasteiger partial charge in [-0.05, 0) is 5.57 Å². The van der Waals surface area contributed by atoms with Crippen LogP contribution in [-0.4, -0.2) is 42.2 Å². The minimum Gasteiger partial charge on any atom is -0.480 e. The summed E-state index contributed by atoms with van der Waals surface area (Å²) in [5, 5.41) is 9.00. The average Bonchev–Trinajstić information content (AvgIpc) is 2.23. The molecule has 0 aromatic rings. The highest BCUT2D eigenvalue weighted by Crippen LogP contribution is 2.39. The quantitative estimate of drug-likeness (QED) is 0.490. The summed E-state index contributed by atoms with van der Waals surface area (Å²) in [7, 11) is 5.09. The van der Waals surface area contributed by atoms with Crippen molar-refractivity contribution < 1.29 is 14.7 Å². The molecule has 1 saturated heterocycles. The normalized spacial score (nSPS) is 25.1. The Bertz CT molecular complexity index is 311. The van der Waals surface area contributed by atoms with Gasteiger partial charge in [0.1, 0.15) is 6.04 Å². The van der Waals surface area contributed by atoms with Gasteiger partial charge in [0.25, 0.3) is 0 Å². The lowest BCUT2D eigenvalue weighted by Crippen LogP contribution is -2.45. The Morgan fingerprint density at radius 2 is 2.14 bits per heavy atom. The molecule has 14 heavy (non-hydrogen) atoms. The second-order valence-electron chi connectivity index (χ2n) is 4.03. The van der Waals surface area contributed by atoms with Gasteiger partial charge in [-0.25, -0.2) is 4.79 Å². The van der Waals surface area contributed by atoms with E-state index in [9.17, 15) is 9.59 Å². The third-order valence-corrected chi connectivity index (χ3v) is 2.78. The zero-order valence-corrected chi connectivity index (χ0v) is 8.28. The predicted octanol–water partition coefficient (Wildman–Crippen LogP) is 0.626. The maximum absolute atomic E-state index is 11.0. The summed E-state index contributed by atoms with van der Waals surface area (Å²) >= 11 is 0. The molecular formula is C9H12BNO3. The Labute approximate surface area is 84.0 Å². The standard InChI is InChI=1S/C9H12BNO3/c1-5-4-11(8(10)14)6(7(12)13)9(5,2)3/h6H,1,4H2,2-3H3,(H,12,13). The molecule has 0 spiro atoms. The van der Waals surface area contributed by atoms with E-state index < -0.39 is 23.2 Å². The Hall–Kier alpha value is -1.26. The maximum Gasteiger partial charge on any atom is 0.327 e. The second-order valence-corrected chi connectivity index (χ2v) is 4.03. The van der Waals surface area contributed by atoms with Crippen LogP contribution >= 0.6 is 0 Å². The van der Waals surface area contributed by atoms with Crippen LogP contribution in [-0.2, 0) is 4.79 Å². The van der Waals surface area contributed by atoms with Gasteiger partial charge in [0, 0.05) is 12.0 Å². The molecule has 0 aliphatic carbocycles. The average molecular weight is 193 g/mol. The topological polar surface area (TPSA) is 57.6 Å². The lowest BCUT2D eigenvalue weighted by molar-refractivity contribution is -0.143. The van der Waals surface area contributed by atoms with Crippen molar-refractivity contribution in [2.45, 2.75) is 19.9 Å². The molecule has 1 unspecified atom stereocenters. The van der Waals surface area contributed by atoms with Crippen molar-refractivity contribution in [3.63, 3.8) is 0 Å². The summed E-state index contributed by atoms with van der Waals surface area (Å²) in [6.07, 6.45) is 0. The van der Waals surface area contributed by atoms with Crippen LogP contribution in [0.2, 0.25) is 0 Å². The van der Waals surface area contributed by atoms with Gasteiger partial charge in [-0.3, -0.25) is 4.79 Å². The molecule has 2 radical (unpaired) electrons. The van der Waals surface area contributed by atoms with E-state index in [2.05, 4.69) is 6.58 Å². The molecule has 4 nitrogen and oxygen atoms in total. The van der Waals surface area contributed by atoms with Crippen molar-refractivity contribution in [1.29, 1.82) is 0 Å². The molecule has 1 rings (SSSR count). The van der Waals surface area contributed by atoms with Gasteiger partial charge in [0.05, 0.1) is 0 Å². The molecule has 74 valence electrons. The second kappa shape index (κ2) is 3.15. The van der Waals surface area contributed by atoms with Gasteiger partial charge in [0.15, 0.2) is 5.81 Å². The Kier molecular flexibility index (Phi) is 2.44. The van der Waals surface area contributed by atoms with Crippen LogP contribution in [0.15, 0.2) is 12.2 Å². The molecule has 0 aromatic carbocycles. The number of nitrogens with zero attached hydrogens (tertiary/aromatic N) is 1. The lowest BCUT2D eigenvalue weighted by atomic mass is 9.81. The van der Waals surface area contributed by atoms with E-state index in [1.165, 1.54) is 0 Å². The number of amides is 1. The first-order valence-corrected chi connectivity index (χ1v) is 4.25. The van der Waals surface area contributed by atoms with E-state index in [4.69, 9.17) is 13.0 Å². The summed E-state index contributed by atoms with van der Waals surface area (Å²) in [6.45, 7) is 7.48. The van der Waals surface area contributed by atoms with E-state index in [1.807, 2.05) is 0 Å². The summed E-state index contributed by atoms with van der Waals surface area (Å²) in [5.41, 5.74) is 0.0876. The zero-order chi connectivity index (χ0) is 11.1. The van der Waals surface area contributed by atoms with Crippen LogP contribution in [0.4, 0.5) is 4.79 Å². The van der Waals surface area contributed by atoms with E-state index in [-0.39, 0.29) is 6.54 Å². The number of aliphatic carboxylic acids is 1. The fourth-order valence-electron chi connectivity index (χ4n) is 1.73. The molecule has 1 amide bonds. The molecule has 1 N–H and O–H groups in total. The van der Waals surface area contributed by atoms with Crippen LogP contribution < -0.4 is 0 Å². The van der Waals surface area contributed by atoms with Crippen molar-refractivity contribution in [2.75, 3.05) is 6.54 Å². The molecule has 1 heterocycles. The number of carbonyl (C=O) groups excluding carboxylic acids is 1. The highest BCUT2D eigenvalue weighted by atomic mass is 16.4. The molecule has 1 aliphatic heterocycles. The van der Waals surface area contributed by atoms with Crippen LogP contribution in [0.25, 0.3) is 0 Å². The van der Waals surface area contributed by atoms with Gasteiger partial charge in [0.2, 0.25) is 7.85 Å². The van der Waals surface area contributed by atoms with Gasteiger partial charge in [-0.1, -0.05) is 20.4 Å². The first-order chi connectivity index (χ1) is 6.28. The number of hydrogen-bond donors (Lipinski definition) is 1. The SMILES string of the molecule is [B]C(=O)N1CC(=C)C(C)(C)C1C(=O)O. The Morgan fingerprint density at radius 3 is 2.43 bits per heavy atom. The van der Waals surface area contributed by atoms with Crippen molar-refractivity contribution >= 4 is 19.6 Å². The minimum absolute atomic E-state index is 0.222. The third-order valence-electron chi connectivity index (χ3n) is 2.78. The number of carbonyl (C=O) groups is 2. The van der Waals surface area contributed by atoms with Crippen molar-refractivity contribution in [2.24, 2.45) is 5.41 Å². The largest absolute Gasteiger partial charge is 0.480 e. The molecule has 0 aromatic heterocycles. The molecular weight excluding hydrogens is 181 g/mol. The fourth-order valence-corrected chi connectivity index (χ4v) is 1.73. The summed E-state index contributed by atoms with van der Waals surface area (Å²) in [4.78, 5) is 23.1. The summed E-state index contributed by atoms with van der Waals surface area (Å²) in [6, 6.07) is -0.910. The van der Waals surface area contributed by atoms with Crippen LogP contribution in [0, 0.1) is 5.41 Å². The van der Waals surface area contributed by atoms with Crippen LogP contribution in [0.5, 0.6) is 0 Å². The smallest absolute Gasteiger partial charge is 0.327 e. The number of likely N-dealkylation sites (tertiary alicyclic amines) is 1. The molecule has 5 heteroatoms. The van der Waals surface area contributed by atoms with Gasteiger partial charge >= 0.3 is 5.97 Å². The van der Waals surface area contributed by atoms with Gasteiger partial charge < -0.3 is 10.0 Å². The molecule has 1 aliphatic rings. The third kappa shape index (κ3) is 1.43. The Balaban J connectivity index is 3.10. The van der Waals surface area contributed by atoms with Crippen molar-refractivity contribution in [3.05, 3.63) is 12.2 Å². The summed E-state index contributed by atoms with van der Waals surface area (Å²) in [5.74, 6) is -1.77.